The molecular formula is C28H28ClN3O5S. The molecule has 38 heavy (non-hydrogen) atoms. The number of benzene rings is 3. The number of sulfonamides is 1. The number of carbonyl (C=O) groups excluding carboxylic acids is 1. The van der Waals surface area contributed by atoms with Gasteiger partial charge in [0.25, 0.3) is 5.56 Å². The van der Waals surface area contributed by atoms with E-state index in [9.17, 15) is 18.0 Å². The molecular weight excluding hydrogens is 526 g/mol. The third-order valence-electron chi connectivity index (χ3n) is 5.90. The predicted octanol–water partition coefficient (Wildman–Crippen LogP) is 5.02. The fourth-order valence-corrected chi connectivity index (χ4v) is 5.76. The van der Waals surface area contributed by atoms with E-state index in [1.807, 2.05) is 19.9 Å². The molecule has 0 spiro atoms. The topological polar surface area (TPSA) is 101 Å². The monoisotopic (exact) mass is 553 g/mol. The van der Waals surface area contributed by atoms with E-state index in [1.165, 1.54) is 23.9 Å². The first kappa shape index (κ1) is 27.4. The van der Waals surface area contributed by atoms with Gasteiger partial charge in [0.2, 0.25) is 10.0 Å². The van der Waals surface area contributed by atoms with Gasteiger partial charge in [-0.1, -0.05) is 55.8 Å². The zero-order valence-electron chi connectivity index (χ0n) is 21.2. The zero-order chi connectivity index (χ0) is 27.4. The lowest BCUT2D eigenvalue weighted by molar-refractivity contribution is 0.0963. The Balaban J connectivity index is 1.78. The van der Waals surface area contributed by atoms with Crippen LogP contribution in [0.4, 0.5) is 0 Å². The highest BCUT2D eigenvalue weighted by molar-refractivity contribution is 7.89. The van der Waals surface area contributed by atoms with Crippen LogP contribution in [0.15, 0.2) is 88.6 Å². The van der Waals surface area contributed by atoms with E-state index in [0.717, 1.165) is 4.31 Å². The van der Waals surface area contributed by atoms with Crippen LogP contribution in [0.2, 0.25) is 5.02 Å². The van der Waals surface area contributed by atoms with Crippen LogP contribution < -0.4 is 10.3 Å². The molecule has 0 saturated heterocycles. The minimum absolute atomic E-state index is 0.0303. The molecule has 0 saturated carbocycles. The van der Waals surface area contributed by atoms with Crippen LogP contribution >= 0.6 is 11.6 Å². The molecule has 0 radical (unpaired) electrons. The van der Waals surface area contributed by atoms with Crippen LogP contribution in [0, 0.1) is 5.92 Å². The van der Waals surface area contributed by atoms with Crippen molar-refractivity contribution in [3.05, 3.63) is 99.8 Å². The van der Waals surface area contributed by atoms with E-state index in [0.29, 0.717) is 27.7 Å². The second-order valence-corrected chi connectivity index (χ2v) is 11.5. The maximum absolute atomic E-state index is 13.7. The van der Waals surface area contributed by atoms with Crippen molar-refractivity contribution in [2.24, 2.45) is 5.92 Å². The average molecular weight is 554 g/mol. The minimum Gasteiger partial charge on any atom is -0.497 e. The predicted molar refractivity (Wildman–Crippen MR) is 148 cm³/mol. The van der Waals surface area contributed by atoms with E-state index in [2.05, 4.69) is 5.10 Å². The van der Waals surface area contributed by atoms with E-state index >= 15 is 0 Å². The largest absolute Gasteiger partial charge is 0.497 e. The molecule has 0 aliphatic rings. The van der Waals surface area contributed by atoms with Gasteiger partial charge in [0, 0.05) is 17.1 Å². The van der Waals surface area contributed by atoms with E-state index in [1.54, 1.807) is 60.7 Å². The lowest BCUT2D eigenvalue weighted by atomic mass is 10.0. The lowest BCUT2D eigenvalue weighted by Crippen LogP contribution is -2.39. The first-order chi connectivity index (χ1) is 18.1. The second kappa shape index (κ2) is 11.4. The highest BCUT2D eigenvalue weighted by Gasteiger charge is 2.31. The third-order valence-corrected chi connectivity index (χ3v) is 7.98. The maximum atomic E-state index is 13.7. The summed E-state index contributed by atoms with van der Waals surface area (Å²) in [5.74, 6) is -0.171. The molecule has 0 bridgehead atoms. The van der Waals surface area contributed by atoms with Crippen molar-refractivity contribution in [3.63, 3.8) is 0 Å². The van der Waals surface area contributed by atoms with Gasteiger partial charge in [-0.05, 0) is 54.4 Å². The Hall–Kier alpha value is -3.66. The summed E-state index contributed by atoms with van der Waals surface area (Å²) in [6.07, 6.45) is 0. The molecule has 0 atom stereocenters. The van der Waals surface area contributed by atoms with Gasteiger partial charge in [-0.15, -0.1) is 0 Å². The number of ether oxygens (including phenoxy) is 1. The molecule has 198 valence electrons. The Morgan fingerprint density at radius 3 is 2.21 bits per heavy atom. The summed E-state index contributed by atoms with van der Waals surface area (Å²) in [4.78, 5) is 27.4. The SMILES string of the molecule is COc1ccc(S(=O)(=O)N(CC(=O)c2c(-c3ccccc3)[nH]n(-c3ccc(Cl)cc3)c2=O)CC(C)C)cc1. The van der Waals surface area contributed by atoms with Crippen LogP contribution in [0.5, 0.6) is 5.75 Å². The van der Waals surface area contributed by atoms with E-state index < -0.39 is 27.9 Å². The fourth-order valence-electron chi connectivity index (χ4n) is 4.07. The summed E-state index contributed by atoms with van der Waals surface area (Å²) in [5, 5.41) is 3.54. The van der Waals surface area contributed by atoms with Crippen molar-refractivity contribution in [1.82, 2.24) is 14.1 Å². The number of aromatic amines is 1. The van der Waals surface area contributed by atoms with Crippen LogP contribution in [-0.4, -0.2) is 48.5 Å². The fraction of sp³-hybridized carbons (Fsp3) is 0.214. The van der Waals surface area contributed by atoms with Crippen LogP contribution in [0.3, 0.4) is 0 Å². The number of hydrogen-bond donors (Lipinski definition) is 1. The standard InChI is InChI=1S/C28H28ClN3O5S/c1-19(2)17-31(38(35,36)24-15-13-23(37-3)14-16-24)18-25(33)26-27(20-7-5-4-6-8-20)30-32(28(26)34)22-11-9-21(29)10-12-22/h4-16,19,30H,17-18H2,1-3H3. The Bertz CT molecular complexity index is 1580. The molecule has 4 rings (SSSR count). The molecule has 4 aromatic rings. The average Bonchev–Trinajstić information content (AvgIpc) is 3.26. The van der Waals surface area contributed by atoms with Gasteiger partial charge in [0.05, 0.1) is 29.9 Å². The number of methoxy groups -OCH3 is 1. The lowest BCUT2D eigenvalue weighted by Gasteiger charge is -2.23. The Morgan fingerprint density at radius 1 is 1.00 bits per heavy atom. The summed E-state index contributed by atoms with van der Waals surface area (Å²) in [6.45, 7) is 3.32. The molecule has 1 heterocycles. The highest BCUT2D eigenvalue weighted by Crippen LogP contribution is 2.24. The van der Waals surface area contributed by atoms with E-state index in [-0.39, 0.29) is 22.9 Å². The molecule has 3 aromatic carbocycles. The van der Waals surface area contributed by atoms with Crippen molar-refractivity contribution >= 4 is 27.4 Å². The number of rotatable bonds is 10. The summed E-state index contributed by atoms with van der Waals surface area (Å²) >= 11 is 6.01. The Morgan fingerprint density at radius 2 is 1.63 bits per heavy atom. The number of nitrogens with zero attached hydrogens (tertiary/aromatic N) is 2. The quantitative estimate of drug-likeness (QED) is 0.278. The number of aromatic nitrogens is 2. The number of ketones is 1. The van der Waals surface area contributed by atoms with Crippen molar-refractivity contribution < 1.29 is 17.9 Å². The smallest absolute Gasteiger partial charge is 0.282 e. The summed E-state index contributed by atoms with van der Waals surface area (Å²) < 4.78 is 34.6. The van der Waals surface area contributed by atoms with Crippen LogP contribution in [0.1, 0.15) is 24.2 Å². The Labute approximate surface area is 226 Å². The number of Topliss-reactive ketones (excluding diaryl/α,β-unsaturated/α-hetero) is 1. The minimum atomic E-state index is -4.04. The van der Waals surface area contributed by atoms with Crippen molar-refractivity contribution in [2.75, 3.05) is 20.2 Å². The van der Waals surface area contributed by atoms with Gasteiger partial charge >= 0.3 is 0 Å². The summed E-state index contributed by atoms with van der Waals surface area (Å²) in [6, 6.07) is 21.5. The zero-order valence-corrected chi connectivity index (χ0v) is 22.8. The number of nitrogens with one attached hydrogen (secondary N) is 1. The van der Waals surface area contributed by atoms with Gasteiger partial charge in [-0.3, -0.25) is 14.7 Å². The molecule has 10 heteroatoms. The van der Waals surface area contributed by atoms with Gasteiger partial charge < -0.3 is 4.74 Å². The third kappa shape index (κ3) is 5.75. The number of carbonyl (C=O) groups is 1. The van der Waals surface area contributed by atoms with Crippen molar-refractivity contribution in [3.8, 4) is 22.7 Å². The van der Waals surface area contributed by atoms with Gasteiger partial charge in [-0.25, -0.2) is 13.1 Å². The van der Waals surface area contributed by atoms with Crippen molar-refractivity contribution in [2.45, 2.75) is 18.7 Å². The van der Waals surface area contributed by atoms with Gasteiger partial charge in [-0.2, -0.15) is 4.31 Å². The molecule has 1 N–H and O–H groups in total. The highest BCUT2D eigenvalue weighted by atomic mass is 35.5. The molecule has 0 amide bonds. The number of halogens is 1. The molecule has 0 unspecified atom stereocenters. The molecule has 0 fully saturated rings. The molecule has 1 aromatic heterocycles. The first-order valence-corrected chi connectivity index (χ1v) is 13.8. The first-order valence-electron chi connectivity index (χ1n) is 12.0. The Kier molecular flexibility index (Phi) is 8.20. The van der Waals surface area contributed by atoms with Gasteiger partial charge in [0.1, 0.15) is 11.3 Å². The van der Waals surface area contributed by atoms with Crippen LogP contribution in [-0.2, 0) is 10.0 Å². The molecule has 0 aliphatic heterocycles. The molecule has 8 nitrogen and oxygen atoms in total. The maximum Gasteiger partial charge on any atom is 0.282 e. The molecule has 0 aliphatic carbocycles. The van der Waals surface area contributed by atoms with Crippen LogP contribution in [0.25, 0.3) is 16.9 Å². The summed E-state index contributed by atoms with van der Waals surface area (Å²) in [5.41, 5.74) is 0.712. The number of hydrogen-bond acceptors (Lipinski definition) is 5. The summed E-state index contributed by atoms with van der Waals surface area (Å²) in [7, 11) is -2.55. The normalized spacial score (nSPS) is 11.7. The van der Waals surface area contributed by atoms with Gasteiger partial charge in [0.15, 0.2) is 5.78 Å². The van der Waals surface area contributed by atoms with E-state index in [4.69, 9.17) is 16.3 Å². The van der Waals surface area contributed by atoms with Crippen molar-refractivity contribution in [1.29, 1.82) is 0 Å². The number of H-pyrrole nitrogens is 1. The second-order valence-electron chi connectivity index (χ2n) is 9.13.